The fraction of sp³-hybridized carbons (Fsp3) is 0.278. The van der Waals surface area contributed by atoms with Gasteiger partial charge in [0.1, 0.15) is 0 Å². The molecule has 2 aromatic rings. The predicted octanol–water partition coefficient (Wildman–Crippen LogP) is 2.23. The molecule has 0 heterocycles. The van der Waals surface area contributed by atoms with E-state index in [9.17, 15) is 8.42 Å². The van der Waals surface area contributed by atoms with Gasteiger partial charge in [0, 0.05) is 20.1 Å². The summed E-state index contributed by atoms with van der Waals surface area (Å²) in [7, 11) is -1.62. The van der Waals surface area contributed by atoms with E-state index in [1.165, 1.54) is 11.1 Å². The number of nitrogens with one attached hydrogen (secondary N) is 3. The van der Waals surface area contributed by atoms with E-state index in [2.05, 4.69) is 39.4 Å². The van der Waals surface area contributed by atoms with Gasteiger partial charge < -0.3 is 10.6 Å². The highest BCUT2D eigenvalue weighted by atomic mass is 32.2. The number of hydrogen-bond donors (Lipinski definition) is 3. The van der Waals surface area contributed by atoms with Crippen LogP contribution in [-0.2, 0) is 23.1 Å². The molecule has 0 fully saturated rings. The number of anilines is 1. The summed E-state index contributed by atoms with van der Waals surface area (Å²) in [4.78, 5) is 4.21. The summed E-state index contributed by atoms with van der Waals surface area (Å²) in [5.41, 5.74) is 3.82. The molecule has 2 rings (SSSR count). The van der Waals surface area contributed by atoms with Gasteiger partial charge in [-0.2, -0.15) is 0 Å². The van der Waals surface area contributed by atoms with Crippen molar-refractivity contribution in [3.05, 3.63) is 65.2 Å². The second-order valence-corrected chi connectivity index (χ2v) is 7.49. The van der Waals surface area contributed by atoms with Gasteiger partial charge in [-0.05, 0) is 29.7 Å². The fourth-order valence-electron chi connectivity index (χ4n) is 2.36. The van der Waals surface area contributed by atoms with Crippen molar-refractivity contribution in [2.75, 3.05) is 18.0 Å². The number of rotatable bonds is 6. The number of aliphatic imine (C=N–C) groups is 1. The van der Waals surface area contributed by atoms with Gasteiger partial charge in [0.15, 0.2) is 5.96 Å². The molecule has 25 heavy (non-hydrogen) atoms. The van der Waals surface area contributed by atoms with E-state index in [0.29, 0.717) is 24.7 Å². The van der Waals surface area contributed by atoms with E-state index in [4.69, 9.17) is 0 Å². The maximum Gasteiger partial charge on any atom is 0.229 e. The first-order valence-electron chi connectivity index (χ1n) is 7.94. The maximum absolute atomic E-state index is 11.5. The van der Waals surface area contributed by atoms with Crippen molar-refractivity contribution >= 4 is 21.7 Å². The average molecular weight is 360 g/mol. The zero-order valence-electron chi connectivity index (χ0n) is 14.7. The van der Waals surface area contributed by atoms with Crippen molar-refractivity contribution in [2.45, 2.75) is 20.0 Å². The molecule has 7 heteroatoms. The molecule has 0 aromatic heterocycles. The van der Waals surface area contributed by atoms with Gasteiger partial charge in [-0.1, -0.05) is 42.5 Å². The van der Waals surface area contributed by atoms with Gasteiger partial charge in [0.25, 0.3) is 0 Å². The molecular weight excluding hydrogens is 336 g/mol. The van der Waals surface area contributed by atoms with E-state index in [1.54, 1.807) is 19.2 Å². The molecular formula is C18H24N4O2S. The lowest BCUT2D eigenvalue weighted by Gasteiger charge is -2.15. The lowest BCUT2D eigenvalue weighted by Crippen LogP contribution is -2.36. The summed E-state index contributed by atoms with van der Waals surface area (Å²) in [6.45, 7) is 3.18. The molecule has 0 spiro atoms. The molecule has 0 aliphatic carbocycles. The van der Waals surface area contributed by atoms with Crippen LogP contribution < -0.4 is 15.4 Å². The number of benzene rings is 2. The lowest BCUT2D eigenvalue weighted by atomic mass is 10.1. The number of guanidine groups is 1. The van der Waals surface area contributed by atoms with Gasteiger partial charge in [0.05, 0.1) is 11.9 Å². The van der Waals surface area contributed by atoms with Crippen LogP contribution in [-0.4, -0.2) is 27.7 Å². The highest BCUT2D eigenvalue weighted by Gasteiger charge is 2.08. The van der Waals surface area contributed by atoms with Crippen LogP contribution in [0.25, 0.3) is 0 Å². The van der Waals surface area contributed by atoms with Crippen molar-refractivity contribution in [3.8, 4) is 0 Å². The zero-order chi connectivity index (χ0) is 18.3. The second-order valence-electron chi connectivity index (χ2n) is 5.74. The van der Waals surface area contributed by atoms with Crippen molar-refractivity contribution in [2.24, 2.45) is 4.99 Å². The zero-order valence-corrected chi connectivity index (χ0v) is 15.5. The molecule has 0 amide bonds. The molecule has 0 saturated heterocycles. The lowest BCUT2D eigenvalue weighted by molar-refractivity contribution is 0.606. The van der Waals surface area contributed by atoms with E-state index in [1.807, 2.05) is 24.3 Å². The molecule has 3 N–H and O–H groups in total. The number of aryl methyl sites for hydroxylation is 1. The van der Waals surface area contributed by atoms with Crippen LogP contribution in [0, 0.1) is 6.92 Å². The molecule has 134 valence electrons. The SMILES string of the molecule is CN=C(NCc1ccccc1C)NCc1ccccc1NS(C)(=O)=O. The van der Waals surface area contributed by atoms with Crippen molar-refractivity contribution in [1.29, 1.82) is 0 Å². The second kappa shape index (κ2) is 8.53. The first-order chi connectivity index (χ1) is 11.9. The average Bonchev–Trinajstić information content (AvgIpc) is 2.56. The third-order valence-corrected chi connectivity index (χ3v) is 4.28. The molecule has 2 aromatic carbocycles. The minimum Gasteiger partial charge on any atom is -0.352 e. The van der Waals surface area contributed by atoms with Crippen LogP contribution in [0.4, 0.5) is 5.69 Å². The number of para-hydroxylation sites is 1. The molecule has 0 radical (unpaired) electrons. The Bertz CT molecular complexity index is 848. The van der Waals surface area contributed by atoms with Crippen LogP contribution >= 0.6 is 0 Å². The number of nitrogens with zero attached hydrogens (tertiary/aromatic N) is 1. The molecule has 0 unspecified atom stereocenters. The van der Waals surface area contributed by atoms with Crippen LogP contribution in [0.2, 0.25) is 0 Å². The Balaban J connectivity index is 1.99. The number of sulfonamides is 1. The van der Waals surface area contributed by atoms with E-state index in [0.717, 1.165) is 11.8 Å². The Kier molecular flexibility index (Phi) is 6.41. The topological polar surface area (TPSA) is 82.6 Å². The van der Waals surface area contributed by atoms with E-state index in [-0.39, 0.29) is 0 Å². The summed E-state index contributed by atoms with van der Waals surface area (Å²) < 4.78 is 25.5. The third kappa shape index (κ3) is 6.11. The summed E-state index contributed by atoms with van der Waals surface area (Å²) in [6, 6.07) is 15.4. The summed E-state index contributed by atoms with van der Waals surface area (Å²) in [6.07, 6.45) is 1.14. The Hall–Kier alpha value is -2.54. The highest BCUT2D eigenvalue weighted by molar-refractivity contribution is 7.92. The molecule has 0 bridgehead atoms. The standard InChI is InChI=1S/C18H24N4O2S/c1-14-8-4-5-9-15(14)12-20-18(19-2)21-13-16-10-6-7-11-17(16)22-25(3,23)24/h4-11,22H,12-13H2,1-3H3,(H2,19,20,21). The van der Waals surface area contributed by atoms with Crippen LogP contribution in [0.1, 0.15) is 16.7 Å². The Morgan fingerprint density at radius 3 is 2.12 bits per heavy atom. The van der Waals surface area contributed by atoms with Gasteiger partial charge in [-0.15, -0.1) is 0 Å². The molecule has 0 aliphatic heterocycles. The van der Waals surface area contributed by atoms with Crippen molar-refractivity contribution < 1.29 is 8.42 Å². The van der Waals surface area contributed by atoms with Crippen LogP contribution in [0.15, 0.2) is 53.5 Å². The van der Waals surface area contributed by atoms with Crippen LogP contribution in [0.3, 0.4) is 0 Å². The Morgan fingerprint density at radius 1 is 0.960 bits per heavy atom. The predicted molar refractivity (Wildman–Crippen MR) is 103 cm³/mol. The van der Waals surface area contributed by atoms with E-state index >= 15 is 0 Å². The van der Waals surface area contributed by atoms with Crippen LogP contribution in [0.5, 0.6) is 0 Å². The summed E-state index contributed by atoms with van der Waals surface area (Å²) >= 11 is 0. The van der Waals surface area contributed by atoms with Gasteiger partial charge in [0.2, 0.25) is 10.0 Å². The van der Waals surface area contributed by atoms with Crippen molar-refractivity contribution in [1.82, 2.24) is 10.6 Å². The Morgan fingerprint density at radius 2 is 1.52 bits per heavy atom. The largest absolute Gasteiger partial charge is 0.352 e. The third-order valence-electron chi connectivity index (χ3n) is 3.69. The molecule has 0 saturated carbocycles. The molecule has 0 atom stereocenters. The minimum absolute atomic E-state index is 0.451. The summed E-state index contributed by atoms with van der Waals surface area (Å²) in [5.74, 6) is 0.650. The van der Waals surface area contributed by atoms with E-state index < -0.39 is 10.0 Å². The van der Waals surface area contributed by atoms with Gasteiger partial charge in [-0.25, -0.2) is 8.42 Å². The summed E-state index contributed by atoms with van der Waals surface area (Å²) in [5, 5.41) is 6.47. The maximum atomic E-state index is 11.5. The smallest absolute Gasteiger partial charge is 0.229 e. The highest BCUT2D eigenvalue weighted by Crippen LogP contribution is 2.15. The fourth-order valence-corrected chi connectivity index (χ4v) is 2.96. The monoisotopic (exact) mass is 360 g/mol. The quantitative estimate of drug-likeness (QED) is 0.545. The normalized spacial score (nSPS) is 11.9. The minimum atomic E-state index is -3.32. The van der Waals surface area contributed by atoms with Gasteiger partial charge >= 0.3 is 0 Å². The van der Waals surface area contributed by atoms with Gasteiger partial charge in [-0.3, -0.25) is 9.71 Å². The molecule has 0 aliphatic rings. The Labute approximate surface area is 149 Å². The number of hydrogen-bond acceptors (Lipinski definition) is 3. The molecule has 6 nitrogen and oxygen atoms in total. The van der Waals surface area contributed by atoms with Crippen molar-refractivity contribution in [3.63, 3.8) is 0 Å². The first-order valence-corrected chi connectivity index (χ1v) is 9.83. The first kappa shape index (κ1) is 18.8.